The number of guanidine groups is 1. The second kappa shape index (κ2) is 7.46. The van der Waals surface area contributed by atoms with Crippen molar-refractivity contribution in [1.82, 2.24) is 35.5 Å². The Bertz CT molecular complexity index is 982. The van der Waals surface area contributed by atoms with Gasteiger partial charge in [-0.25, -0.2) is 15.0 Å². The van der Waals surface area contributed by atoms with Crippen molar-refractivity contribution in [2.45, 2.75) is 18.4 Å². The summed E-state index contributed by atoms with van der Waals surface area (Å²) in [5.41, 5.74) is 11.1. The number of nitrogen functional groups attached to an aromatic ring is 2. The summed E-state index contributed by atoms with van der Waals surface area (Å²) in [4.78, 5) is 45.5. The number of aliphatic imine (C=N–C) groups is 1. The highest BCUT2D eigenvalue weighted by atomic mass is 127. The maximum atomic E-state index is 12.5. The van der Waals surface area contributed by atoms with E-state index in [2.05, 4.69) is 35.6 Å². The van der Waals surface area contributed by atoms with E-state index in [0.717, 1.165) is 0 Å². The molecule has 2 aromatic heterocycles. The van der Waals surface area contributed by atoms with E-state index < -0.39 is 5.91 Å². The number of hydrogen-bond acceptors (Lipinski definition) is 7. The number of carbonyl (C=O) groups is 2. The molecule has 2 aliphatic heterocycles. The van der Waals surface area contributed by atoms with Gasteiger partial charge in [-0.1, -0.05) is 0 Å². The standard InChI is InChI=1S/C16H19IN10O2/c17-9-11(19)24-10(18)8(23-9)13(28)25-15-22-7-16(26-15)1-5-27(6-2-16)14(29)12-20-3-4-21-12/h3-4H,1-2,5-7H2,(H,20,21)(H4,18,19,24)(H2,22,25,26,28). The number of halogens is 1. The summed E-state index contributed by atoms with van der Waals surface area (Å²) in [6.45, 7) is 1.75. The van der Waals surface area contributed by atoms with E-state index >= 15 is 0 Å². The van der Waals surface area contributed by atoms with Gasteiger partial charge in [0.2, 0.25) is 0 Å². The number of aromatic nitrogens is 4. The molecule has 0 bridgehead atoms. The van der Waals surface area contributed by atoms with Crippen molar-refractivity contribution >= 4 is 52.0 Å². The van der Waals surface area contributed by atoms with Crippen LogP contribution in [0.1, 0.15) is 33.9 Å². The zero-order valence-electron chi connectivity index (χ0n) is 15.3. The highest BCUT2D eigenvalue weighted by molar-refractivity contribution is 14.1. The molecule has 29 heavy (non-hydrogen) atoms. The predicted molar refractivity (Wildman–Crippen MR) is 113 cm³/mol. The zero-order valence-corrected chi connectivity index (χ0v) is 17.4. The van der Waals surface area contributed by atoms with E-state index in [1.807, 2.05) is 22.6 Å². The van der Waals surface area contributed by atoms with Gasteiger partial charge >= 0.3 is 5.91 Å². The minimum absolute atomic E-state index is 0.0421. The third-order valence-corrected chi connectivity index (χ3v) is 5.80. The van der Waals surface area contributed by atoms with Gasteiger partial charge in [-0.2, -0.15) is 4.99 Å². The Balaban J connectivity index is 1.41. The smallest absolute Gasteiger partial charge is 0.302 e. The summed E-state index contributed by atoms with van der Waals surface area (Å²) in [6, 6.07) is 0. The molecule has 4 heterocycles. The van der Waals surface area contributed by atoms with Crippen molar-refractivity contribution in [1.29, 1.82) is 0 Å². The first-order valence-electron chi connectivity index (χ1n) is 8.89. The fourth-order valence-electron chi connectivity index (χ4n) is 3.39. The Labute approximate surface area is 179 Å². The average molecular weight is 510 g/mol. The molecule has 152 valence electrons. The first-order chi connectivity index (χ1) is 13.9. The maximum Gasteiger partial charge on any atom is 0.302 e. The molecule has 7 N–H and O–H groups in total. The number of nitrogens with two attached hydrogens (primary N) is 2. The molecule has 2 saturated heterocycles. The molecule has 2 aliphatic rings. The number of H-pyrrole nitrogens is 1. The molecule has 0 aromatic carbocycles. The summed E-state index contributed by atoms with van der Waals surface area (Å²) in [7, 11) is 0. The summed E-state index contributed by atoms with van der Waals surface area (Å²) in [5.74, 6) is 0.0724. The van der Waals surface area contributed by atoms with Crippen molar-refractivity contribution in [3.05, 3.63) is 27.6 Å². The number of nitrogens with one attached hydrogen (secondary N) is 3. The molecule has 0 unspecified atom stereocenters. The van der Waals surface area contributed by atoms with Crippen molar-refractivity contribution in [3.63, 3.8) is 0 Å². The molecule has 12 nitrogen and oxygen atoms in total. The monoisotopic (exact) mass is 510 g/mol. The third kappa shape index (κ3) is 3.81. The Kier molecular flexibility index (Phi) is 4.97. The maximum absolute atomic E-state index is 12.5. The van der Waals surface area contributed by atoms with Crippen molar-refractivity contribution in [2.24, 2.45) is 4.99 Å². The molecule has 4 rings (SSSR count). The minimum atomic E-state index is -0.606. The number of aromatic amines is 1. The van der Waals surface area contributed by atoms with Crippen LogP contribution in [0.25, 0.3) is 0 Å². The minimum Gasteiger partial charge on any atom is -0.382 e. The lowest BCUT2D eigenvalue weighted by Gasteiger charge is -2.38. The first kappa shape index (κ1) is 19.4. The number of imidazole rings is 1. The number of nitrogens with zero attached hydrogens (tertiary/aromatic N) is 5. The molecule has 2 fully saturated rings. The van der Waals surface area contributed by atoms with Gasteiger partial charge in [-0.3, -0.25) is 9.59 Å². The van der Waals surface area contributed by atoms with Crippen molar-refractivity contribution in [2.75, 3.05) is 31.1 Å². The highest BCUT2D eigenvalue weighted by Crippen LogP contribution is 2.25. The van der Waals surface area contributed by atoms with E-state index in [-0.39, 0.29) is 28.8 Å². The van der Waals surface area contributed by atoms with Crippen LogP contribution in [0.4, 0.5) is 11.6 Å². The van der Waals surface area contributed by atoms with E-state index in [1.54, 1.807) is 17.3 Å². The lowest BCUT2D eigenvalue weighted by Crippen LogP contribution is -2.53. The fraction of sp³-hybridized carbons (Fsp3) is 0.375. The van der Waals surface area contributed by atoms with Crippen LogP contribution in [0.3, 0.4) is 0 Å². The topological polar surface area (TPSA) is 180 Å². The first-order valence-corrected chi connectivity index (χ1v) is 9.97. The van der Waals surface area contributed by atoms with Crippen LogP contribution in [0.2, 0.25) is 0 Å². The van der Waals surface area contributed by atoms with Crippen LogP contribution in [0.15, 0.2) is 17.4 Å². The third-order valence-electron chi connectivity index (χ3n) is 5.01. The van der Waals surface area contributed by atoms with Gasteiger partial charge in [0.15, 0.2) is 29.1 Å². The number of likely N-dealkylation sites (tertiary alicyclic amines) is 1. The van der Waals surface area contributed by atoms with Crippen LogP contribution in [-0.4, -0.2) is 67.8 Å². The number of piperidine rings is 1. The molecule has 2 amide bonds. The Hall–Kier alpha value is -2.97. The molecule has 13 heteroatoms. The van der Waals surface area contributed by atoms with Crippen LogP contribution >= 0.6 is 22.6 Å². The molecule has 1 spiro atoms. The van der Waals surface area contributed by atoms with E-state index in [4.69, 9.17) is 11.5 Å². The molecule has 2 aromatic rings. The second-order valence-electron chi connectivity index (χ2n) is 6.89. The van der Waals surface area contributed by atoms with Gasteiger partial charge in [-0.15, -0.1) is 0 Å². The summed E-state index contributed by atoms with van der Waals surface area (Å²) in [5, 5.41) is 6.40. The molecule has 0 aliphatic carbocycles. The Morgan fingerprint density at radius 3 is 2.66 bits per heavy atom. The molecule has 0 saturated carbocycles. The average Bonchev–Trinajstić information content (AvgIpc) is 3.36. The van der Waals surface area contributed by atoms with Gasteiger partial charge < -0.3 is 32.0 Å². The molecule has 0 atom stereocenters. The largest absolute Gasteiger partial charge is 0.382 e. The van der Waals surface area contributed by atoms with E-state index in [0.29, 0.717) is 48.0 Å². The number of amides is 2. The van der Waals surface area contributed by atoms with E-state index in [1.165, 1.54) is 0 Å². The number of anilines is 2. The number of hydrogen-bond donors (Lipinski definition) is 5. The van der Waals surface area contributed by atoms with Crippen LogP contribution in [-0.2, 0) is 0 Å². The zero-order chi connectivity index (χ0) is 20.6. The van der Waals surface area contributed by atoms with Gasteiger partial charge in [0.1, 0.15) is 3.70 Å². The molecule has 0 radical (unpaired) electrons. The van der Waals surface area contributed by atoms with Gasteiger partial charge in [-0.05, 0) is 35.4 Å². The number of carbonyl (C=O) groups excluding carboxylic acids is 2. The lowest BCUT2D eigenvalue weighted by molar-refractivity contribution is 0.0658. The Morgan fingerprint density at radius 2 is 1.97 bits per heavy atom. The van der Waals surface area contributed by atoms with E-state index in [9.17, 15) is 9.59 Å². The fourth-order valence-corrected chi connectivity index (χ4v) is 3.75. The van der Waals surface area contributed by atoms with Crippen molar-refractivity contribution in [3.8, 4) is 0 Å². The quantitative estimate of drug-likeness (QED) is 0.328. The summed E-state index contributed by atoms with van der Waals surface area (Å²) >= 11 is 1.88. The van der Waals surface area contributed by atoms with Crippen LogP contribution < -0.4 is 22.1 Å². The lowest BCUT2D eigenvalue weighted by atomic mass is 9.88. The highest BCUT2D eigenvalue weighted by Gasteiger charge is 2.41. The molecular formula is C16H19IN10O2. The Morgan fingerprint density at radius 1 is 1.21 bits per heavy atom. The predicted octanol–water partition coefficient (Wildman–Crippen LogP) is -0.667. The van der Waals surface area contributed by atoms with Crippen LogP contribution in [0, 0.1) is 3.70 Å². The van der Waals surface area contributed by atoms with Crippen LogP contribution in [0.5, 0.6) is 0 Å². The second-order valence-corrected chi connectivity index (χ2v) is 7.91. The van der Waals surface area contributed by atoms with Gasteiger partial charge in [0.25, 0.3) is 5.91 Å². The molecular weight excluding hydrogens is 491 g/mol. The normalized spacial score (nSPS) is 19.2. The van der Waals surface area contributed by atoms with Gasteiger partial charge in [0, 0.05) is 32.0 Å². The summed E-state index contributed by atoms with van der Waals surface area (Å²) in [6.07, 6.45) is 4.60. The van der Waals surface area contributed by atoms with Crippen molar-refractivity contribution < 1.29 is 9.59 Å². The SMILES string of the molecule is Nc1nc(N)c(C(=O)/N=C2\NCC3(CCN(C(=O)c4ncc[nH]4)CC3)N2)nc1I. The number of rotatable bonds is 2. The van der Waals surface area contributed by atoms with Gasteiger partial charge in [0.05, 0.1) is 5.54 Å². The summed E-state index contributed by atoms with van der Waals surface area (Å²) < 4.78 is 0.387.